The molecule has 2 rings (SSSR count). The molecule has 1 heterocycles. The van der Waals surface area contributed by atoms with Gasteiger partial charge in [-0.25, -0.2) is 0 Å². The quantitative estimate of drug-likeness (QED) is 0.173. The first-order valence-corrected chi connectivity index (χ1v) is 14.6. The summed E-state index contributed by atoms with van der Waals surface area (Å²) < 4.78 is 0. The molecule has 0 saturated carbocycles. The van der Waals surface area contributed by atoms with Crippen LogP contribution in [0.2, 0.25) is 0 Å². The van der Waals surface area contributed by atoms with Gasteiger partial charge in [-0.15, -0.1) is 11.8 Å². The van der Waals surface area contributed by atoms with Crippen LogP contribution in [-0.2, 0) is 9.59 Å². The fourth-order valence-corrected chi connectivity index (χ4v) is 5.66. The second kappa shape index (κ2) is 17.8. The lowest BCUT2D eigenvalue weighted by atomic mass is 10.0. The predicted molar refractivity (Wildman–Crippen MR) is 144 cm³/mol. The van der Waals surface area contributed by atoms with Crippen LogP contribution in [0.3, 0.4) is 0 Å². The molecule has 0 bridgehead atoms. The zero-order chi connectivity index (χ0) is 24.4. The van der Waals surface area contributed by atoms with Crippen molar-refractivity contribution >= 4 is 29.3 Å². The van der Waals surface area contributed by atoms with Crippen molar-refractivity contribution in [1.29, 1.82) is 0 Å². The molecular formula is C28H46N2O3S. The second-order valence-electron chi connectivity index (χ2n) is 9.64. The number of carbonyl (C=O) groups is 2. The minimum atomic E-state index is -0.808. The normalized spacial score (nSPS) is 17.7. The van der Waals surface area contributed by atoms with Gasteiger partial charge in [-0.1, -0.05) is 109 Å². The highest BCUT2D eigenvalue weighted by Gasteiger charge is 2.30. The van der Waals surface area contributed by atoms with E-state index in [-0.39, 0.29) is 11.3 Å². The van der Waals surface area contributed by atoms with E-state index < -0.39 is 12.0 Å². The van der Waals surface area contributed by atoms with Crippen LogP contribution < -0.4 is 10.6 Å². The molecule has 0 aromatic heterocycles. The minimum absolute atomic E-state index is 0.00817. The van der Waals surface area contributed by atoms with Gasteiger partial charge in [-0.05, 0) is 24.1 Å². The molecule has 1 fully saturated rings. The largest absolute Gasteiger partial charge is 0.480 e. The lowest BCUT2D eigenvalue weighted by Gasteiger charge is -2.12. The molecule has 1 unspecified atom stereocenters. The molecule has 0 spiro atoms. The maximum Gasteiger partial charge on any atom is 0.321 e. The van der Waals surface area contributed by atoms with Crippen LogP contribution in [0, 0.1) is 0 Å². The zero-order valence-electron chi connectivity index (χ0n) is 21.2. The SMILES string of the molecule is CCCCCCCCCCCCCCCCCC(=O)Nc1ccc(C2N[C@H](C(=O)O)CS2)cc1. The summed E-state index contributed by atoms with van der Waals surface area (Å²) in [5.74, 6) is -0.169. The van der Waals surface area contributed by atoms with Crippen LogP contribution in [0.4, 0.5) is 5.69 Å². The summed E-state index contributed by atoms with van der Waals surface area (Å²) in [5.41, 5.74) is 1.83. The van der Waals surface area contributed by atoms with E-state index in [1.54, 1.807) is 11.8 Å². The Morgan fingerprint density at radius 2 is 1.35 bits per heavy atom. The van der Waals surface area contributed by atoms with E-state index in [0.717, 1.165) is 24.1 Å². The number of unbranched alkanes of at least 4 members (excludes halogenated alkanes) is 14. The van der Waals surface area contributed by atoms with Crippen LogP contribution in [0.15, 0.2) is 24.3 Å². The lowest BCUT2D eigenvalue weighted by molar-refractivity contribution is -0.138. The highest BCUT2D eigenvalue weighted by atomic mass is 32.2. The molecule has 1 aromatic carbocycles. The van der Waals surface area contributed by atoms with Gasteiger partial charge in [0.05, 0.1) is 5.37 Å². The smallest absolute Gasteiger partial charge is 0.321 e. The summed E-state index contributed by atoms with van der Waals surface area (Å²) >= 11 is 1.60. The minimum Gasteiger partial charge on any atom is -0.480 e. The van der Waals surface area contributed by atoms with Crippen molar-refractivity contribution in [2.24, 2.45) is 0 Å². The number of benzene rings is 1. The number of aliphatic carboxylic acids is 1. The number of anilines is 1. The van der Waals surface area contributed by atoms with Gasteiger partial charge in [0.1, 0.15) is 6.04 Å². The van der Waals surface area contributed by atoms with E-state index in [9.17, 15) is 9.59 Å². The van der Waals surface area contributed by atoms with Crippen molar-refractivity contribution in [2.75, 3.05) is 11.1 Å². The van der Waals surface area contributed by atoms with Crippen LogP contribution in [0.1, 0.15) is 121 Å². The number of thioether (sulfide) groups is 1. The number of rotatable bonds is 19. The first kappa shape index (κ1) is 28.7. The van der Waals surface area contributed by atoms with Gasteiger partial charge in [-0.2, -0.15) is 0 Å². The highest BCUT2D eigenvalue weighted by molar-refractivity contribution is 7.99. The molecule has 192 valence electrons. The van der Waals surface area contributed by atoms with Crippen LogP contribution >= 0.6 is 11.8 Å². The molecule has 1 amide bonds. The highest BCUT2D eigenvalue weighted by Crippen LogP contribution is 2.33. The third kappa shape index (κ3) is 12.3. The Hall–Kier alpha value is -1.53. The van der Waals surface area contributed by atoms with Gasteiger partial charge in [0.2, 0.25) is 5.91 Å². The molecule has 6 heteroatoms. The summed E-state index contributed by atoms with van der Waals surface area (Å²) in [6.07, 6.45) is 20.4. The number of hydrogen-bond acceptors (Lipinski definition) is 4. The maximum atomic E-state index is 12.2. The van der Waals surface area contributed by atoms with Crippen LogP contribution in [0.25, 0.3) is 0 Å². The summed E-state index contributed by atoms with van der Waals surface area (Å²) in [7, 11) is 0. The average Bonchev–Trinajstić information content (AvgIpc) is 3.33. The molecule has 1 aliphatic rings. The van der Waals surface area contributed by atoms with Crippen molar-refractivity contribution in [3.8, 4) is 0 Å². The van der Waals surface area contributed by atoms with E-state index in [0.29, 0.717) is 12.2 Å². The molecule has 0 aliphatic carbocycles. The molecule has 3 N–H and O–H groups in total. The molecule has 1 saturated heterocycles. The summed E-state index contributed by atoms with van der Waals surface area (Å²) in [5, 5.41) is 15.2. The summed E-state index contributed by atoms with van der Waals surface area (Å²) in [6.45, 7) is 2.27. The van der Waals surface area contributed by atoms with Gasteiger partial charge in [0, 0.05) is 17.9 Å². The van der Waals surface area contributed by atoms with Gasteiger partial charge >= 0.3 is 5.97 Å². The molecule has 34 heavy (non-hydrogen) atoms. The zero-order valence-corrected chi connectivity index (χ0v) is 22.0. The number of carboxylic acid groups (broad SMARTS) is 1. The Kier molecular flexibility index (Phi) is 15.1. The first-order chi connectivity index (χ1) is 16.6. The van der Waals surface area contributed by atoms with Gasteiger partial charge in [0.25, 0.3) is 0 Å². The Morgan fingerprint density at radius 3 is 1.82 bits per heavy atom. The monoisotopic (exact) mass is 490 g/mol. The molecule has 0 radical (unpaired) electrons. The van der Waals surface area contributed by atoms with Gasteiger partial charge < -0.3 is 10.4 Å². The molecule has 2 atom stereocenters. The average molecular weight is 491 g/mol. The van der Waals surface area contributed by atoms with Gasteiger partial charge in [-0.3, -0.25) is 14.9 Å². The first-order valence-electron chi connectivity index (χ1n) is 13.6. The third-order valence-corrected chi connectivity index (χ3v) is 7.85. The fourth-order valence-electron chi connectivity index (χ4n) is 4.43. The predicted octanol–water partition coefficient (Wildman–Crippen LogP) is 7.67. The summed E-state index contributed by atoms with van der Waals surface area (Å²) in [4.78, 5) is 23.3. The van der Waals surface area contributed by atoms with E-state index in [1.807, 2.05) is 24.3 Å². The van der Waals surface area contributed by atoms with Crippen molar-refractivity contribution in [1.82, 2.24) is 5.32 Å². The van der Waals surface area contributed by atoms with Crippen molar-refractivity contribution < 1.29 is 14.7 Å². The molecule has 1 aliphatic heterocycles. The van der Waals surface area contributed by atoms with E-state index in [2.05, 4.69) is 17.6 Å². The van der Waals surface area contributed by atoms with Crippen molar-refractivity contribution in [3.63, 3.8) is 0 Å². The van der Waals surface area contributed by atoms with Gasteiger partial charge in [0.15, 0.2) is 0 Å². The Morgan fingerprint density at radius 1 is 0.853 bits per heavy atom. The molecule has 1 aromatic rings. The number of amides is 1. The second-order valence-corrected chi connectivity index (χ2v) is 10.8. The number of hydrogen-bond donors (Lipinski definition) is 3. The maximum absolute atomic E-state index is 12.2. The number of nitrogens with one attached hydrogen (secondary N) is 2. The third-order valence-electron chi connectivity index (χ3n) is 6.58. The topological polar surface area (TPSA) is 78.4 Å². The Bertz CT molecular complexity index is 695. The van der Waals surface area contributed by atoms with Crippen molar-refractivity contribution in [3.05, 3.63) is 29.8 Å². The number of carbonyl (C=O) groups excluding carboxylic acids is 1. The van der Waals surface area contributed by atoms with E-state index in [4.69, 9.17) is 5.11 Å². The molecular weight excluding hydrogens is 444 g/mol. The fraction of sp³-hybridized carbons (Fsp3) is 0.714. The van der Waals surface area contributed by atoms with E-state index in [1.165, 1.54) is 83.5 Å². The van der Waals surface area contributed by atoms with E-state index >= 15 is 0 Å². The standard InChI is InChI=1S/C28H46N2O3S/c1-2-3-4-5-6-7-8-9-10-11-12-13-14-15-16-17-26(31)29-24-20-18-23(19-21-24)27-30-25(22-34-27)28(32)33/h18-21,25,27,30H,2-17,22H2,1H3,(H,29,31)(H,32,33)/t25-,27?/m0/s1. The summed E-state index contributed by atoms with van der Waals surface area (Å²) in [6, 6.07) is 7.21. The lowest BCUT2D eigenvalue weighted by Crippen LogP contribution is -2.33. The Balaban J connectivity index is 1.42. The van der Waals surface area contributed by atoms with Crippen molar-refractivity contribution in [2.45, 2.75) is 121 Å². The molecule has 5 nitrogen and oxygen atoms in total. The van der Waals surface area contributed by atoms with Crippen LogP contribution in [-0.4, -0.2) is 28.8 Å². The van der Waals surface area contributed by atoms with Crippen LogP contribution in [0.5, 0.6) is 0 Å². The number of carboxylic acids is 1. The Labute approximate surface area is 211 Å².